The van der Waals surface area contributed by atoms with Crippen molar-refractivity contribution in [3.63, 3.8) is 0 Å². The maximum atomic E-state index is 11.3. The van der Waals surface area contributed by atoms with Crippen LogP contribution in [0.5, 0.6) is 0 Å². The fourth-order valence-electron chi connectivity index (χ4n) is 1.71. The Morgan fingerprint density at radius 3 is 2.39 bits per heavy atom. The number of carbonyl (C=O) groups is 1. The molecule has 1 rings (SSSR count). The Morgan fingerprint density at radius 2 is 1.78 bits per heavy atom. The van der Waals surface area contributed by atoms with Crippen molar-refractivity contribution in [2.45, 2.75) is 43.9 Å². The third kappa shape index (κ3) is 5.92. The Bertz CT molecular complexity index is 348. The molecule has 0 bridgehead atoms. The number of alkyl halides is 1. The van der Waals surface area contributed by atoms with Crippen molar-refractivity contribution in [2.75, 3.05) is 11.6 Å². The van der Waals surface area contributed by atoms with Gasteiger partial charge in [0.15, 0.2) is 5.78 Å². The normalized spacial score (nSPS) is 10.6. The fraction of sp³-hybridized carbons (Fsp3) is 0.533. The number of Topliss-reactive ketones (excluding diaryl/α,β-unsaturated/α-hetero) is 1. The lowest BCUT2D eigenvalue weighted by Crippen LogP contribution is -1.99. The summed E-state index contributed by atoms with van der Waals surface area (Å²) in [6, 6.07) is 7.75. The first-order valence-corrected chi connectivity index (χ1v) is 8.12. The summed E-state index contributed by atoms with van der Waals surface area (Å²) >= 11 is 7.38. The third-order valence-electron chi connectivity index (χ3n) is 2.81. The van der Waals surface area contributed by atoms with E-state index in [0.29, 0.717) is 5.56 Å². The van der Waals surface area contributed by atoms with Crippen molar-refractivity contribution in [3.05, 3.63) is 29.8 Å². The zero-order valence-electron chi connectivity index (χ0n) is 11.0. The van der Waals surface area contributed by atoms with Crippen LogP contribution in [0.3, 0.4) is 0 Å². The van der Waals surface area contributed by atoms with Gasteiger partial charge in [-0.15, -0.1) is 23.4 Å². The summed E-state index contributed by atoms with van der Waals surface area (Å²) in [6.07, 6.45) is 6.58. The van der Waals surface area contributed by atoms with Crippen LogP contribution in [0.15, 0.2) is 29.2 Å². The molecule has 1 nitrogen and oxygen atoms in total. The number of benzene rings is 1. The van der Waals surface area contributed by atoms with Gasteiger partial charge < -0.3 is 0 Å². The monoisotopic (exact) mass is 284 g/mol. The second-order valence-corrected chi connectivity index (χ2v) is 5.78. The van der Waals surface area contributed by atoms with Gasteiger partial charge in [0, 0.05) is 10.5 Å². The molecule has 0 heterocycles. The maximum absolute atomic E-state index is 11.3. The van der Waals surface area contributed by atoms with E-state index < -0.39 is 0 Å². The topological polar surface area (TPSA) is 17.1 Å². The van der Waals surface area contributed by atoms with Crippen molar-refractivity contribution < 1.29 is 4.79 Å². The van der Waals surface area contributed by atoms with Gasteiger partial charge in [0.05, 0.1) is 5.88 Å². The lowest BCUT2D eigenvalue weighted by molar-refractivity contribution is 0.102. The minimum atomic E-state index is -0.00668. The first-order valence-electron chi connectivity index (χ1n) is 6.60. The molecule has 0 aliphatic carbocycles. The first-order chi connectivity index (χ1) is 8.77. The molecule has 1 aromatic carbocycles. The van der Waals surface area contributed by atoms with Crippen LogP contribution in [0.4, 0.5) is 0 Å². The van der Waals surface area contributed by atoms with E-state index in [1.807, 2.05) is 36.0 Å². The molecule has 0 N–H and O–H groups in total. The van der Waals surface area contributed by atoms with Crippen LogP contribution < -0.4 is 0 Å². The molecule has 0 saturated heterocycles. The molecule has 0 aliphatic rings. The number of hydrogen-bond donors (Lipinski definition) is 0. The third-order valence-corrected chi connectivity index (χ3v) is 4.16. The molecule has 0 aliphatic heterocycles. The lowest BCUT2D eigenvalue weighted by Gasteiger charge is -2.03. The fourth-order valence-corrected chi connectivity index (χ4v) is 2.78. The quantitative estimate of drug-likeness (QED) is 0.269. The van der Waals surface area contributed by atoms with E-state index in [2.05, 4.69) is 6.92 Å². The summed E-state index contributed by atoms with van der Waals surface area (Å²) in [7, 11) is 0. The van der Waals surface area contributed by atoms with Crippen LogP contribution in [-0.4, -0.2) is 17.4 Å². The SMILES string of the molecule is CCCCCCCSc1ccc(C(=O)CCl)cc1. The Labute approximate surface area is 119 Å². The van der Waals surface area contributed by atoms with Gasteiger partial charge in [0.25, 0.3) is 0 Å². The van der Waals surface area contributed by atoms with Gasteiger partial charge >= 0.3 is 0 Å². The van der Waals surface area contributed by atoms with Crippen molar-refractivity contribution in [1.29, 1.82) is 0 Å². The van der Waals surface area contributed by atoms with E-state index >= 15 is 0 Å². The number of unbranched alkanes of at least 4 members (excludes halogenated alkanes) is 4. The Hall–Kier alpha value is -0.470. The van der Waals surface area contributed by atoms with Gasteiger partial charge in [-0.1, -0.05) is 44.7 Å². The van der Waals surface area contributed by atoms with Crippen molar-refractivity contribution in [3.8, 4) is 0 Å². The van der Waals surface area contributed by atoms with Gasteiger partial charge in [-0.05, 0) is 24.3 Å². The van der Waals surface area contributed by atoms with E-state index in [-0.39, 0.29) is 11.7 Å². The second kappa shape index (κ2) is 9.46. The van der Waals surface area contributed by atoms with Crippen molar-refractivity contribution in [2.24, 2.45) is 0 Å². The number of thioether (sulfide) groups is 1. The van der Waals surface area contributed by atoms with E-state index in [9.17, 15) is 4.79 Å². The minimum absolute atomic E-state index is 0.00668. The predicted octanol–water partition coefficient (Wildman–Crippen LogP) is 5.17. The minimum Gasteiger partial charge on any atom is -0.293 e. The maximum Gasteiger partial charge on any atom is 0.177 e. The molecule has 0 saturated carbocycles. The first kappa shape index (κ1) is 15.6. The molecule has 18 heavy (non-hydrogen) atoms. The highest BCUT2D eigenvalue weighted by atomic mass is 35.5. The van der Waals surface area contributed by atoms with E-state index in [4.69, 9.17) is 11.6 Å². The highest BCUT2D eigenvalue weighted by Crippen LogP contribution is 2.20. The molecular weight excluding hydrogens is 264 g/mol. The molecule has 0 amide bonds. The lowest BCUT2D eigenvalue weighted by atomic mass is 10.1. The average Bonchev–Trinajstić information content (AvgIpc) is 2.42. The number of ketones is 1. The highest BCUT2D eigenvalue weighted by molar-refractivity contribution is 7.99. The van der Waals surface area contributed by atoms with Gasteiger partial charge in [0.2, 0.25) is 0 Å². The van der Waals surface area contributed by atoms with Crippen molar-refractivity contribution in [1.82, 2.24) is 0 Å². The number of carbonyl (C=O) groups excluding carboxylic acids is 1. The zero-order valence-corrected chi connectivity index (χ0v) is 12.5. The molecule has 0 radical (unpaired) electrons. The Morgan fingerprint density at radius 1 is 1.11 bits per heavy atom. The Balaban J connectivity index is 2.25. The van der Waals surface area contributed by atoms with E-state index in [1.165, 1.54) is 37.0 Å². The van der Waals surface area contributed by atoms with Crippen LogP contribution in [0.1, 0.15) is 49.4 Å². The number of hydrogen-bond acceptors (Lipinski definition) is 2. The smallest absolute Gasteiger partial charge is 0.177 e. The van der Waals surface area contributed by atoms with Crippen molar-refractivity contribution >= 4 is 29.1 Å². The number of rotatable bonds is 9. The molecule has 0 atom stereocenters. The second-order valence-electron chi connectivity index (χ2n) is 4.34. The molecule has 0 fully saturated rings. The van der Waals surface area contributed by atoms with Gasteiger partial charge in [-0.3, -0.25) is 4.79 Å². The van der Waals surface area contributed by atoms with Gasteiger partial charge in [0.1, 0.15) is 0 Å². The van der Waals surface area contributed by atoms with E-state index in [1.54, 1.807) is 0 Å². The summed E-state index contributed by atoms with van der Waals surface area (Å²) in [4.78, 5) is 12.6. The van der Waals surface area contributed by atoms with E-state index in [0.717, 1.165) is 5.75 Å². The zero-order chi connectivity index (χ0) is 13.2. The summed E-state index contributed by atoms with van der Waals surface area (Å²) < 4.78 is 0. The van der Waals surface area contributed by atoms with Crippen LogP contribution >= 0.6 is 23.4 Å². The molecular formula is C15H21ClOS. The highest BCUT2D eigenvalue weighted by Gasteiger charge is 2.03. The molecule has 3 heteroatoms. The Kier molecular flexibility index (Phi) is 8.19. The average molecular weight is 285 g/mol. The molecule has 100 valence electrons. The summed E-state index contributed by atoms with van der Waals surface area (Å²) in [6.45, 7) is 2.23. The largest absolute Gasteiger partial charge is 0.293 e. The van der Waals surface area contributed by atoms with Crippen LogP contribution in [-0.2, 0) is 0 Å². The molecule has 0 aromatic heterocycles. The van der Waals surface area contributed by atoms with Crippen LogP contribution in [0.25, 0.3) is 0 Å². The van der Waals surface area contributed by atoms with Gasteiger partial charge in [-0.25, -0.2) is 0 Å². The van der Waals surface area contributed by atoms with Gasteiger partial charge in [-0.2, -0.15) is 0 Å². The summed E-state index contributed by atoms with van der Waals surface area (Å²) in [5.74, 6) is 1.21. The molecule has 1 aromatic rings. The van der Waals surface area contributed by atoms with Crippen LogP contribution in [0.2, 0.25) is 0 Å². The predicted molar refractivity (Wildman–Crippen MR) is 81.0 cm³/mol. The molecule has 0 unspecified atom stereocenters. The summed E-state index contributed by atoms with van der Waals surface area (Å²) in [5, 5.41) is 0. The molecule has 0 spiro atoms. The summed E-state index contributed by atoms with van der Waals surface area (Å²) in [5.41, 5.74) is 0.706. The number of halogens is 1. The van der Waals surface area contributed by atoms with Crippen LogP contribution in [0, 0.1) is 0 Å². The standard InChI is InChI=1S/C15H21ClOS/c1-2-3-4-5-6-11-18-14-9-7-13(8-10-14)15(17)12-16/h7-10H,2-6,11-12H2,1H3.